The van der Waals surface area contributed by atoms with E-state index in [0.717, 1.165) is 12.1 Å². The van der Waals surface area contributed by atoms with Crippen LogP contribution in [0.15, 0.2) is 36.7 Å². The fraction of sp³-hybridized carbons (Fsp3) is 0.412. The molecule has 0 radical (unpaired) electrons. The molecule has 0 N–H and O–H groups in total. The molecule has 1 aromatic carbocycles. The topological polar surface area (TPSA) is 49.9 Å². The van der Waals surface area contributed by atoms with Gasteiger partial charge in [-0.15, -0.1) is 24.0 Å². The molecular weight excluding hydrogens is 407 g/mol. The van der Waals surface area contributed by atoms with Gasteiger partial charge >= 0.3 is 5.97 Å². The Morgan fingerprint density at radius 3 is 2.35 bits per heavy atom. The molecule has 0 aromatic heterocycles. The molecule has 1 heterocycles. The van der Waals surface area contributed by atoms with Gasteiger partial charge in [0.15, 0.2) is 0 Å². The molecule has 23 heavy (non-hydrogen) atoms. The summed E-state index contributed by atoms with van der Waals surface area (Å²) in [4.78, 5) is 26.4. The zero-order valence-electron chi connectivity index (χ0n) is 13.5. The highest BCUT2D eigenvalue weighted by molar-refractivity contribution is 14.0. The van der Waals surface area contributed by atoms with Crippen LogP contribution in [0.1, 0.15) is 31.4 Å². The fourth-order valence-corrected chi connectivity index (χ4v) is 2.30. The highest BCUT2D eigenvalue weighted by Crippen LogP contribution is 2.13. The number of hydrogen-bond acceptors (Lipinski definition) is 4. The number of carbonyl (C=O) groups is 2. The Bertz CT molecular complexity index is 557. The van der Waals surface area contributed by atoms with Crippen LogP contribution in [0.5, 0.6) is 0 Å². The van der Waals surface area contributed by atoms with Gasteiger partial charge in [-0.3, -0.25) is 14.5 Å². The third-order valence-electron chi connectivity index (χ3n) is 3.53. The number of nitrogens with zero attached hydrogens (tertiary/aromatic N) is 2. The van der Waals surface area contributed by atoms with Gasteiger partial charge < -0.3 is 9.64 Å². The molecule has 0 unspecified atom stereocenters. The molecule has 0 bridgehead atoms. The normalized spacial score (nSPS) is 13.0. The summed E-state index contributed by atoms with van der Waals surface area (Å²) in [6, 6.07) is 8.20. The van der Waals surface area contributed by atoms with Gasteiger partial charge in [0.2, 0.25) is 5.91 Å². The SMILES string of the molecule is CCOC(=O)CCc1ccc(CN2C=CN(C(C)=O)C2)cc1.I. The highest BCUT2D eigenvalue weighted by atomic mass is 127. The van der Waals surface area contributed by atoms with Gasteiger partial charge in [0.25, 0.3) is 0 Å². The first-order valence-electron chi connectivity index (χ1n) is 7.51. The molecule has 5 nitrogen and oxygen atoms in total. The number of amides is 1. The average Bonchev–Trinajstić information content (AvgIpc) is 2.96. The second-order valence-electron chi connectivity index (χ2n) is 5.30. The molecule has 0 saturated carbocycles. The summed E-state index contributed by atoms with van der Waals surface area (Å²) in [7, 11) is 0. The van der Waals surface area contributed by atoms with E-state index in [-0.39, 0.29) is 35.9 Å². The maximum atomic E-state index is 11.3. The van der Waals surface area contributed by atoms with Crippen molar-refractivity contribution in [3.63, 3.8) is 0 Å². The third kappa shape index (κ3) is 6.21. The van der Waals surface area contributed by atoms with Crippen molar-refractivity contribution in [3.05, 3.63) is 47.8 Å². The Balaban J connectivity index is 0.00000264. The highest BCUT2D eigenvalue weighted by Gasteiger charge is 2.15. The minimum absolute atomic E-state index is 0. The van der Waals surface area contributed by atoms with Crippen molar-refractivity contribution < 1.29 is 14.3 Å². The molecule has 0 fully saturated rings. The Morgan fingerprint density at radius 1 is 1.13 bits per heavy atom. The molecular formula is C17H23IN2O3. The summed E-state index contributed by atoms with van der Waals surface area (Å²) in [6.45, 7) is 5.16. The van der Waals surface area contributed by atoms with Gasteiger partial charge in [-0.25, -0.2) is 0 Å². The lowest BCUT2D eigenvalue weighted by atomic mass is 10.1. The minimum Gasteiger partial charge on any atom is -0.466 e. The smallest absolute Gasteiger partial charge is 0.306 e. The Labute approximate surface area is 154 Å². The fourth-order valence-electron chi connectivity index (χ4n) is 2.30. The summed E-state index contributed by atoms with van der Waals surface area (Å²) in [5.41, 5.74) is 2.30. The molecule has 0 atom stereocenters. The maximum absolute atomic E-state index is 11.3. The van der Waals surface area contributed by atoms with E-state index in [2.05, 4.69) is 17.0 Å². The number of halogens is 1. The summed E-state index contributed by atoms with van der Waals surface area (Å²) in [6.07, 6.45) is 4.84. The first-order valence-corrected chi connectivity index (χ1v) is 7.51. The Morgan fingerprint density at radius 2 is 1.78 bits per heavy atom. The number of carbonyl (C=O) groups excluding carboxylic acids is 2. The predicted molar refractivity (Wildman–Crippen MR) is 98.9 cm³/mol. The lowest BCUT2D eigenvalue weighted by Crippen LogP contribution is -2.28. The second kappa shape index (κ2) is 9.54. The van der Waals surface area contributed by atoms with Gasteiger partial charge in [0.05, 0.1) is 13.3 Å². The molecule has 6 heteroatoms. The van der Waals surface area contributed by atoms with Crippen molar-refractivity contribution in [1.29, 1.82) is 0 Å². The molecule has 0 saturated heterocycles. The molecule has 1 aromatic rings. The zero-order chi connectivity index (χ0) is 15.9. The molecule has 1 aliphatic heterocycles. The van der Waals surface area contributed by atoms with Crippen LogP contribution >= 0.6 is 24.0 Å². The molecule has 0 aliphatic carbocycles. The van der Waals surface area contributed by atoms with E-state index in [1.807, 2.05) is 25.3 Å². The van der Waals surface area contributed by atoms with Gasteiger partial charge in [-0.1, -0.05) is 24.3 Å². The first kappa shape index (κ1) is 19.5. The van der Waals surface area contributed by atoms with E-state index in [1.54, 1.807) is 18.0 Å². The van der Waals surface area contributed by atoms with Gasteiger partial charge in [0, 0.05) is 32.3 Å². The minimum atomic E-state index is -0.155. The summed E-state index contributed by atoms with van der Waals surface area (Å²) in [5, 5.41) is 0. The van der Waals surface area contributed by atoms with Crippen LogP contribution in [0.4, 0.5) is 0 Å². The van der Waals surface area contributed by atoms with E-state index in [1.165, 1.54) is 5.56 Å². The van der Waals surface area contributed by atoms with E-state index in [4.69, 9.17) is 4.74 Å². The summed E-state index contributed by atoms with van der Waals surface area (Å²) in [5.74, 6) is -0.105. The standard InChI is InChI=1S/C17H22N2O3.HI/c1-3-22-17(21)9-8-15-4-6-16(7-5-15)12-18-10-11-19(13-18)14(2)20;/h4-7,10-11H,3,8-9,12-13H2,1-2H3;1H. The second-order valence-corrected chi connectivity index (χ2v) is 5.30. The maximum Gasteiger partial charge on any atom is 0.306 e. The lowest BCUT2D eigenvalue weighted by Gasteiger charge is -2.19. The van der Waals surface area contributed by atoms with Crippen molar-refractivity contribution in [3.8, 4) is 0 Å². The number of rotatable bonds is 6. The quantitative estimate of drug-likeness (QED) is 0.515. The summed E-state index contributed by atoms with van der Waals surface area (Å²) >= 11 is 0. The van der Waals surface area contributed by atoms with Gasteiger partial charge in [-0.2, -0.15) is 0 Å². The van der Waals surface area contributed by atoms with Crippen LogP contribution in [-0.4, -0.2) is 35.0 Å². The van der Waals surface area contributed by atoms with Crippen LogP contribution in [0.2, 0.25) is 0 Å². The largest absolute Gasteiger partial charge is 0.466 e. The van der Waals surface area contributed by atoms with E-state index in [9.17, 15) is 9.59 Å². The molecule has 1 amide bonds. The monoisotopic (exact) mass is 430 g/mol. The number of ether oxygens (including phenoxy) is 1. The van der Waals surface area contributed by atoms with E-state index >= 15 is 0 Å². The van der Waals surface area contributed by atoms with Crippen LogP contribution in [0, 0.1) is 0 Å². The van der Waals surface area contributed by atoms with E-state index < -0.39 is 0 Å². The summed E-state index contributed by atoms with van der Waals surface area (Å²) < 4.78 is 4.92. The van der Waals surface area contributed by atoms with Crippen LogP contribution in [0.3, 0.4) is 0 Å². The number of benzene rings is 1. The van der Waals surface area contributed by atoms with Crippen molar-refractivity contribution in [2.75, 3.05) is 13.3 Å². The third-order valence-corrected chi connectivity index (χ3v) is 3.53. The predicted octanol–water partition coefficient (Wildman–Crippen LogP) is 2.89. The zero-order valence-corrected chi connectivity index (χ0v) is 15.9. The molecule has 0 spiro atoms. The molecule has 2 rings (SSSR count). The number of hydrogen-bond donors (Lipinski definition) is 0. The van der Waals surface area contributed by atoms with Crippen molar-refractivity contribution in [2.24, 2.45) is 0 Å². The number of esters is 1. The van der Waals surface area contributed by atoms with Crippen molar-refractivity contribution in [1.82, 2.24) is 9.80 Å². The van der Waals surface area contributed by atoms with Crippen molar-refractivity contribution in [2.45, 2.75) is 33.2 Å². The average molecular weight is 430 g/mol. The van der Waals surface area contributed by atoms with Gasteiger partial charge in [-0.05, 0) is 24.5 Å². The van der Waals surface area contributed by atoms with Crippen molar-refractivity contribution >= 4 is 35.9 Å². The van der Waals surface area contributed by atoms with Crippen LogP contribution < -0.4 is 0 Å². The lowest BCUT2D eigenvalue weighted by molar-refractivity contribution is -0.143. The molecule has 1 aliphatic rings. The Hall–Kier alpha value is -1.57. The molecule has 126 valence electrons. The van der Waals surface area contributed by atoms with Gasteiger partial charge in [0.1, 0.15) is 0 Å². The Kier molecular flexibility index (Phi) is 8.08. The van der Waals surface area contributed by atoms with E-state index in [0.29, 0.717) is 26.1 Å². The first-order chi connectivity index (χ1) is 10.6. The van der Waals surface area contributed by atoms with Crippen LogP contribution in [0.25, 0.3) is 0 Å². The number of aryl methyl sites for hydroxylation is 1. The van der Waals surface area contributed by atoms with Crippen LogP contribution in [-0.2, 0) is 27.3 Å².